The van der Waals surface area contributed by atoms with Gasteiger partial charge in [0.2, 0.25) is 23.6 Å². The number of nitrogens with zero attached hydrogens (tertiary/aromatic N) is 2. The van der Waals surface area contributed by atoms with E-state index in [9.17, 15) is 29.1 Å². The van der Waals surface area contributed by atoms with Crippen molar-refractivity contribution in [3.8, 4) is 0 Å². The molecule has 0 saturated carbocycles. The van der Waals surface area contributed by atoms with Crippen LogP contribution in [0.15, 0.2) is 55.5 Å². The maximum Gasteiger partial charge on any atom is 0.326 e. The molecule has 4 rings (SSSR count). The number of para-hydroxylation sites is 1. The van der Waals surface area contributed by atoms with E-state index in [1.165, 1.54) is 25.0 Å². The number of imidazole rings is 2. The van der Waals surface area contributed by atoms with Crippen molar-refractivity contribution in [1.82, 2.24) is 40.9 Å². The molecule has 16 heteroatoms. The van der Waals surface area contributed by atoms with Gasteiger partial charge in [-0.25, -0.2) is 14.8 Å². The van der Waals surface area contributed by atoms with E-state index in [4.69, 9.17) is 11.5 Å². The van der Waals surface area contributed by atoms with Crippen molar-refractivity contribution >= 4 is 40.5 Å². The minimum absolute atomic E-state index is 0.0287. The first-order valence-corrected chi connectivity index (χ1v) is 13.8. The summed E-state index contributed by atoms with van der Waals surface area (Å²) in [6, 6.07) is 2.62. The highest BCUT2D eigenvalue weighted by Crippen LogP contribution is 2.19. The third-order valence-corrected chi connectivity index (χ3v) is 6.97. The lowest BCUT2D eigenvalue weighted by Gasteiger charge is -2.25. The molecule has 0 aliphatic rings. The summed E-state index contributed by atoms with van der Waals surface area (Å²) >= 11 is 0. The Kier molecular flexibility index (Phi) is 10.4. The molecule has 0 saturated heterocycles. The summed E-state index contributed by atoms with van der Waals surface area (Å²) in [5.74, 6) is -4.28. The van der Waals surface area contributed by atoms with Crippen molar-refractivity contribution in [2.24, 2.45) is 11.5 Å². The van der Waals surface area contributed by atoms with Gasteiger partial charge in [-0.05, 0) is 24.5 Å². The number of carbonyl (C=O) groups excluding carboxylic acids is 4. The van der Waals surface area contributed by atoms with Crippen LogP contribution < -0.4 is 27.4 Å². The van der Waals surface area contributed by atoms with Gasteiger partial charge in [-0.3, -0.25) is 19.2 Å². The smallest absolute Gasteiger partial charge is 0.326 e. The second-order valence-electron chi connectivity index (χ2n) is 10.3. The molecule has 232 valence electrons. The van der Waals surface area contributed by atoms with Crippen LogP contribution in [0.2, 0.25) is 0 Å². The van der Waals surface area contributed by atoms with Gasteiger partial charge in [0, 0.05) is 60.1 Å². The molecule has 0 spiro atoms. The predicted octanol–water partition coefficient (Wildman–Crippen LogP) is -1.23. The van der Waals surface area contributed by atoms with Crippen LogP contribution in [0.1, 0.15) is 29.8 Å². The Labute approximate surface area is 250 Å². The summed E-state index contributed by atoms with van der Waals surface area (Å²) in [6.45, 7) is 0. The SMILES string of the molecule is NC(=O)CCC(NC(=O)C(Cc1cnc[nH]1)NC(=O)C(N)Cc1c[nH]c2ccccc12)C(=O)NC(Cc1cnc[nH]1)C(=O)O. The Balaban J connectivity index is 1.47. The number of primary amides is 1. The number of hydrogen-bond donors (Lipinski definition) is 9. The fourth-order valence-corrected chi connectivity index (χ4v) is 4.65. The van der Waals surface area contributed by atoms with Crippen molar-refractivity contribution in [3.05, 3.63) is 72.5 Å². The minimum Gasteiger partial charge on any atom is -0.480 e. The molecule has 11 N–H and O–H groups in total. The number of hydrogen-bond acceptors (Lipinski definition) is 8. The van der Waals surface area contributed by atoms with Crippen LogP contribution in [0.25, 0.3) is 10.9 Å². The van der Waals surface area contributed by atoms with Gasteiger partial charge in [0.15, 0.2) is 0 Å². The van der Waals surface area contributed by atoms with Crippen molar-refractivity contribution in [1.29, 1.82) is 0 Å². The van der Waals surface area contributed by atoms with Gasteiger partial charge in [0.1, 0.15) is 18.1 Å². The Bertz CT molecular complexity index is 1580. The number of H-pyrrole nitrogens is 3. The van der Waals surface area contributed by atoms with Gasteiger partial charge in [0.25, 0.3) is 0 Å². The van der Waals surface area contributed by atoms with Gasteiger partial charge in [-0.15, -0.1) is 0 Å². The molecule has 0 fully saturated rings. The topological polar surface area (TPSA) is 267 Å². The average Bonchev–Trinajstić information content (AvgIpc) is 3.77. The van der Waals surface area contributed by atoms with E-state index in [0.717, 1.165) is 16.5 Å². The fourth-order valence-electron chi connectivity index (χ4n) is 4.65. The second kappa shape index (κ2) is 14.6. The number of carboxylic acid groups (broad SMARTS) is 1. The van der Waals surface area contributed by atoms with E-state index < -0.39 is 53.8 Å². The van der Waals surface area contributed by atoms with E-state index in [2.05, 4.69) is 40.9 Å². The second-order valence-corrected chi connectivity index (χ2v) is 10.3. The zero-order valence-corrected chi connectivity index (χ0v) is 23.6. The molecule has 0 aliphatic carbocycles. The normalized spacial score (nSPS) is 13.8. The summed E-state index contributed by atoms with van der Waals surface area (Å²) in [5.41, 5.74) is 14.2. The number of benzene rings is 1. The van der Waals surface area contributed by atoms with Gasteiger partial charge < -0.3 is 47.5 Å². The molecule has 44 heavy (non-hydrogen) atoms. The van der Waals surface area contributed by atoms with Gasteiger partial charge in [-0.2, -0.15) is 0 Å². The monoisotopic (exact) mass is 606 g/mol. The summed E-state index contributed by atoms with van der Waals surface area (Å²) < 4.78 is 0. The van der Waals surface area contributed by atoms with Gasteiger partial charge in [-0.1, -0.05) is 18.2 Å². The van der Waals surface area contributed by atoms with E-state index in [-0.39, 0.29) is 32.1 Å². The van der Waals surface area contributed by atoms with E-state index in [1.807, 2.05) is 24.3 Å². The Morgan fingerprint density at radius 1 is 0.795 bits per heavy atom. The molecule has 0 radical (unpaired) electrons. The molecule has 0 aliphatic heterocycles. The number of nitrogens with one attached hydrogen (secondary N) is 6. The molecule has 3 heterocycles. The Morgan fingerprint density at radius 3 is 2.00 bits per heavy atom. The molecule has 1 aromatic carbocycles. The Hall–Kier alpha value is -5.51. The van der Waals surface area contributed by atoms with Crippen LogP contribution in [-0.2, 0) is 43.2 Å². The lowest BCUT2D eigenvalue weighted by atomic mass is 10.0. The molecule has 4 unspecified atom stereocenters. The highest BCUT2D eigenvalue weighted by molar-refractivity contribution is 5.95. The molecule has 4 aromatic rings. The lowest BCUT2D eigenvalue weighted by molar-refractivity contribution is -0.142. The van der Waals surface area contributed by atoms with Gasteiger partial charge >= 0.3 is 5.97 Å². The highest BCUT2D eigenvalue weighted by atomic mass is 16.4. The molecule has 16 nitrogen and oxygen atoms in total. The zero-order valence-electron chi connectivity index (χ0n) is 23.6. The van der Waals surface area contributed by atoms with Crippen LogP contribution in [0.5, 0.6) is 0 Å². The first-order valence-electron chi connectivity index (χ1n) is 13.8. The number of carbonyl (C=O) groups is 5. The van der Waals surface area contributed by atoms with Crippen molar-refractivity contribution < 1.29 is 29.1 Å². The molecule has 0 bridgehead atoms. The quantitative estimate of drug-likeness (QED) is 0.0738. The summed E-state index contributed by atoms with van der Waals surface area (Å²) in [6.07, 6.45) is 7.00. The molecular formula is C28H34N10O6. The number of amides is 4. The maximum atomic E-state index is 13.5. The van der Waals surface area contributed by atoms with E-state index in [0.29, 0.717) is 11.4 Å². The lowest BCUT2D eigenvalue weighted by Crippen LogP contribution is -2.58. The third kappa shape index (κ3) is 8.51. The number of fused-ring (bicyclic) bond motifs is 1. The van der Waals surface area contributed by atoms with Crippen molar-refractivity contribution in [2.75, 3.05) is 0 Å². The highest BCUT2D eigenvalue weighted by Gasteiger charge is 2.31. The number of rotatable bonds is 16. The molecule has 4 atom stereocenters. The molecule has 3 aromatic heterocycles. The third-order valence-electron chi connectivity index (χ3n) is 6.97. The number of aromatic amines is 3. The van der Waals surface area contributed by atoms with E-state index in [1.54, 1.807) is 6.20 Å². The van der Waals surface area contributed by atoms with Crippen LogP contribution in [0.3, 0.4) is 0 Å². The van der Waals surface area contributed by atoms with Crippen molar-refractivity contribution in [3.63, 3.8) is 0 Å². The van der Waals surface area contributed by atoms with Crippen LogP contribution in [0.4, 0.5) is 0 Å². The summed E-state index contributed by atoms with van der Waals surface area (Å²) in [7, 11) is 0. The molecular weight excluding hydrogens is 572 g/mol. The summed E-state index contributed by atoms with van der Waals surface area (Å²) in [4.78, 5) is 79.8. The number of aliphatic carboxylic acids is 1. The Morgan fingerprint density at radius 2 is 1.39 bits per heavy atom. The fraction of sp³-hybridized carbons (Fsp3) is 0.321. The maximum absolute atomic E-state index is 13.5. The first-order chi connectivity index (χ1) is 21.1. The first kappa shape index (κ1) is 31.4. The van der Waals surface area contributed by atoms with Crippen LogP contribution in [0, 0.1) is 0 Å². The largest absolute Gasteiger partial charge is 0.480 e. The summed E-state index contributed by atoms with van der Waals surface area (Å²) in [5, 5.41) is 18.1. The average molecular weight is 607 g/mol. The number of nitrogens with two attached hydrogens (primary N) is 2. The standard InChI is InChI=1S/C28H34N10O6/c29-19(7-15-10-33-20-4-2-1-3-18(15)20)25(40)37-22(8-16-11-31-13-34-16)27(42)36-21(5-6-24(30)39)26(41)38-23(28(43)44)9-17-12-32-14-35-17/h1-4,10-14,19,21-23,33H,5-9,29H2,(H2,30,39)(H,31,34)(H,32,35)(H,36,42)(H,37,40)(H,38,41)(H,43,44). The predicted molar refractivity (Wildman–Crippen MR) is 156 cm³/mol. The minimum atomic E-state index is -1.36. The number of aromatic nitrogens is 5. The van der Waals surface area contributed by atoms with Crippen LogP contribution in [-0.4, -0.2) is 83.8 Å². The van der Waals surface area contributed by atoms with Crippen LogP contribution >= 0.6 is 0 Å². The van der Waals surface area contributed by atoms with Crippen molar-refractivity contribution in [2.45, 2.75) is 56.3 Å². The zero-order chi connectivity index (χ0) is 31.6. The number of carboxylic acids is 1. The van der Waals surface area contributed by atoms with E-state index >= 15 is 0 Å². The molecule has 4 amide bonds. The van der Waals surface area contributed by atoms with Gasteiger partial charge in [0.05, 0.1) is 18.7 Å².